The Kier molecular flexibility index (Phi) is 6.92. The third-order valence-corrected chi connectivity index (χ3v) is 4.91. The van der Waals surface area contributed by atoms with Crippen LogP contribution in [0.25, 0.3) is 11.4 Å². The van der Waals surface area contributed by atoms with Crippen molar-refractivity contribution in [2.45, 2.75) is 26.1 Å². The predicted octanol–water partition coefficient (Wildman–Crippen LogP) is 5.20. The molecule has 0 aliphatic rings. The van der Waals surface area contributed by atoms with Gasteiger partial charge in [0.1, 0.15) is 17.4 Å². The zero-order valence-corrected chi connectivity index (χ0v) is 18.6. The number of rotatable bonds is 6. The fraction of sp³-hybridized carbons (Fsp3) is 0.238. The zero-order chi connectivity index (χ0) is 25.4. The Morgan fingerprint density at radius 1 is 1.18 bits per heavy atom. The first-order valence-corrected chi connectivity index (χ1v) is 9.92. The Morgan fingerprint density at radius 3 is 2.41 bits per heavy atom. The molecule has 1 heterocycles. The number of aryl methyl sites for hydroxylation is 1. The van der Waals surface area contributed by atoms with Gasteiger partial charge in [-0.05, 0) is 31.2 Å². The number of para-hydroxylation sites is 1. The Bertz CT molecular complexity index is 1260. The number of nitrogens with zero attached hydrogens (tertiary/aromatic N) is 3. The fourth-order valence-electron chi connectivity index (χ4n) is 2.86. The summed E-state index contributed by atoms with van der Waals surface area (Å²) in [5, 5.41) is 5.82. The van der Waals surface area contributed by atoms with Gasteiger partial charge in [0.05, 0.1) is 21.8 Å². The van der Waals surface area contributed by atoms with Gasteiger partial charge < -0.3 is 10.1 Å². The van der Waals surface area contributed by atoms with Gasteiger partial charge in [0.25, 0.3) is 5.91 Å². The summed E-state index contributed by atoms with van der Waals surface area (Å²) >= 11 is 5.87. The van der Waals surface area contributed by atoms with Gasteiger partial charge in [-0.3, -0.25) is 9.59 Å². The molecule has 0 aliphatic carbocycles. The summed E-state index contributed by atoms with van der Waals surface area (Å²) in [6, 6.07) is 4.94. The van der Waals surface area contributed by atoms with E-state index in [4.69, 9.17) is 16.3 Å². The average molecular weight is 503 g/mol. The van der Waals surface area contributed by atoms with Crippen LogP contribution in [0.1, 0.15) is 34.8 Å². The smallest absolute Gasteiger partial charge is 0.425 e. The van der Waals surface area contributed by atoms with Crippen LogP contribution < -0.4 is 10.1 Å². The lowest BCUT2D eigenvalue weighted by molar-refractivity contribution is -0.189. The van der Waals surface area contributed by atoms with Gasteiger partial charge in [-0.2, -0.15) is 18.3 Å². The van der Waals surface area contributed by atoms with Crippen molar-refractivity contribution in [3.63, 3.8) is 0 Å². The van der Waals surface area contributed by atoms with Crippen molar-refractivity contribution in [3.05, 3.63) is 58.4 Å². The van der Waals surface area contributed by atoms with Crippen molar-refractivity contribution in [1.82, 2.24) is 14.8 Å². The Morgan fingerprint density at radius 2 is 1.85 bits per heavy atom. The van der Waals surface area contributed by atoms with E-state index in [9.17, 15) is 31.5 Å². The van der Waals surface area contributed by atoms with Crippen LogP contribution in [0.2, 0.25) is 5.02 Å². The van der Waals surface area contributed by atoms with E-state index < -0.39 is 58.2 Å². The molecule has 0 radical (unpaired) electrons. The van der Waals surface area contributed by atoms with E-state index in [1.54, 1.807) is 0 Å². The Balaban J connectivity index is 2.11. The van der Waals surface area contributed by atoms with E-state index >= 15 is 0 Å². The standard InChI is InChI=1S/C21H16ClF5N4O3/c1-9(32)19-29-18(30-31(19)3)11-8-16(34-10(2)21(25,26)27)12(7-15(11)24)20(33)28-17-13(22)5-4-6-14(17)23/h4-8,10H,1-3H3,(H,28,33)/t10-/m0/s1. The summed E-state index contributed by atoms with van der Waals surface area (Å²) in [4.78, 5) is 28.3. The zero-order valence-electron chi connectivity index (χ0n) is 17.8. The number of ketones is 1. The molecule has 1 amide bonds. The molecule has 3 aromatic rings. The molecule has 34 heavy (non-hydrogen) atoms. The quantitative estimate of drug-likeness (QED) is 0.370. The molecule has 180 valence electrons. The van der Waals surface area contributed by atoms with Gasteiger partial charge in [0.2, 0.25) is 0 Å². The number of hydrogen-bond acceptors (Lipinski definition) is 5. The van der Waals surface area contributed by atoms with Gasteiger partial charge >= 0.3 is 6.18 Å². The number of nitrogens with one attached hydrogen (secondary N) is 1. The van der Waals surface area contributed by atoms with Crippen LogP contribution in [0, 0.1) is 11.6 Å². The fourth-order valence-corrected chi connectivity index (χ4v) is 3.07. The van der Waals surface area contributed by atoms with Crippen molar-refractivity contribution in [3.8, 4) is 17.1 Å². The molecule has 1 N–H and O–H groups in total. The minimum absolute atomic E-state index is 0.128. The second-order valence-corrected chi connectivity index (χ2v) is 7.53. The maximum atomic E-state index is 15.0. The largest absolute Gasteiger partial charge is 0.480 e. The molecule has 0 spiro atoms. The molecular weight excluding hydrogens is 487 g/mol. The summed E-state index contributed by atoms with van der Waals surface area (Å²) < 4.78 is 74.4. The predicted molar refractivity (Wildman–Crippen MR) is 112 cm³/mol. The SMILES string of the molecule is CC(=O)c1nc(-c2cc(O[C@@H](C)C(F)(F)F)c(C(=O)Nc3c(F)cccc3Cl)cc2F)nn1C. The highest BCUT2D eigenvalue weighted by atomic mass is 35.5. The summed E-state index contributed by atoms with van der Waals surface area (Å²) in [5.41, 5.74) is -1.54. The molecular formula is C21H16ClF5N4O3. The number of alkyl halides is 3. The van der Waals surface area contributed by atoms with Gasteiger partial charge in [0, 0.05) is 14.0 Å². The molecule has 13 heteroatoms. The third-order valence-electron chi connectivity index (χ3n) is 4.60. The average Bonchev–Trinajstić information content (AvgIpc) is 3.12. The minimum atomic E-state index is -4.82. The van der Waals surface area contributed by atoms with E-state index in [1.807, 2.05) is 0 Å². The van der Waals surface area contributed by atoms with Crippen molar-refractivity contribution in [1.29, 1.82) is 0 Å². The maximum absolute atomic E-state index is 15.0. The number of carbonyl (C=O) groups excluding carboxylic acids is 2. The number of benzene rings is 2. The van der Waals surface area contributed by atoms with Crippen molar-refractivity contribution >= 4 is 29.0 Å². The topological polar surface area (TPSA) is 86.1 Å². The molecule has 0 saturated heterocycles. The van der Waals surface area contributed by atoms with E-state index in [2.05, 4.69) is 15.4 Å². The molecule has 0 saturated carbocycles. The number of ether oxygens (including phenoxy) is 1. The highest BCUT2D eigenvalue weighted by Crippen LogP contribution is 2.34. The van der Waals surface area contributed by atoms with Crippen LogP contribution in [-0.2, 0) is 7.05 Å². The van der Waals surface area contributed by atoms with Crippen LogP contribution in [0.15, 0.2) is 30.3 Å². The normalized spacial score (nSPS) is 12.4. The molecule has 2 aromatic carbocycles. The second kappa shape index (κ2) is 9.37. The lowest BCUT2D eigenvalue weighted by Crippen LogP contribution is -2.32. The number of carbonyl (C=O) groups is 2. The van der Waals surface area contributed by atoms with Gasteiger partial charge in [0.15, 0.2) is 23.5 Å². The first-order chi connectivity index (χ1) is 15.8. The number of Topliss-reactive ketones (excluding diaryl/α,β-unsaturated/α-hetero) is 1. The molecule has 1 aromatic heterocycles. The molecule has 7 nitrogen and oxygen atoms in total. The van der Waals surface area contributed by atoms with Crippen LogP contribution in [0.3, 0.4) is 0 Å². The molecule has 0 fully saturated rings. The molecule has 0 bridgehead atoms. The van der Waals surface area contributed by atoms with E-state index in [0.29, 0.717) is 13.0 Å². The van der Waals surface area contributed by atoms with Crippen molar-refractivity contribution < 1.29 is 36.3 Å². The number of anilines is 1. The molecule has 1 atom stereocenters. The van der Waals surface area contributed by atoms with Gasteiger partial charge in [-0.15, -0.1) is 0 Å². The number of hydrogen-bond donors (Lipinski definition) is 1. The van der Waals surface area contributed by atoms with Crippen LogP contribution >= 0.6 is 11.6 Å². The van der Waals surface area contributed by atoms with E-state index in [1.165, 1.54) is 26.1 Å². The maximum Gasteiger partial charge on any atom is 0.425 e. The van der Waals surface area contributed by atoms with Gasteiger partial charge in [-0.25, -0.2) is 18.4 Å². The Labute approximate surface area is 194 Å². The molecule has 0 unspecified atom stereocenters. The van der Waals surface area contributed by atoms with E-state index in [0.717, 1.165) is 16.8 Å². The lowest BCUT2D eigenvalue weighted by Gasteiger charge is -2.20. The first kappa shape index (κ1) is 25.1. The highest BCUT2D eigenvalue weighted by molar-refractivity contribution is 6.34. The molecule has 0 aliphatic heterocycles. The van der Waals surface area contributed by atoms with Crippen molar-refractivity contribution in [2.75, 3.05) is 5.32 Å². The Hall–Kier alpha value is -3.54. The minimum Gasteiger partial charge on any atom is -0.480 e. The summed E-state index contributed by atoms with van der Waals surface area (Å²) in [7, 11) is 1.37. The van der Waals surface area contributed by atoms with Gasteiger partial charge in [-0.1, -0.05) is 17.7 Å². The lowest BCUT2D eigenvalue weighted by atomic mass is 10.1. The summed E-state index contributed by atoms with van der Waals surface area (Å²) in [6.07, 6.45) is -7.21. The first-order valence-electron chi connectivity index (χ1n) is 9.54. The van der Waals surface area contributed by atoms with Crippen LogP contribution in [-0.4, -0.2) is 38.7 Å². The third kappa shape index (κ3) is 5.16. The van der Waals surface area contributed by atoms with E-state index in [-0.39, 0.29) is 16.7 Å². The molecule has 3 rings (SSSR count). The monoisotopic (exact) mass is 502 g/mol. The number of amides is 1. The van der Waals surface area contributed by atoms with Crippen molar-refractivity contribution in [2.24, 2.45) is 7.05 Å². The number of halogens is 6. The summed E-state index contributed by atoms with van der Waals surface area (Å²) in [5.74, 6) is -4.81. The van der Waals surface area contributed by atoms with Crippen LogP contribution in [0.4, 0.5) is 27.6 Å². The number of aromatic nitrogens is 3. The second-order valence-electron chi connectivity index (χ2n) is 7.12. The summed E-state index contributed by atoms with van der Waals surface area (Å²) in [6.45, 7) is 1.89. The highest BCUT2D eigenvalue weighted by Gasteiger charge is 2.39. The van der Waals surface area contributed by atoms with Crippen LogP contribution in [0.5, 0.6) is 5.75 Å².